The molecule has 0 aliphatic heterocycles. The number of nitrogens with one attached hydrogen (secondary N) is 2. The van der Waals surface area contributed by atoms with E-state index >= 15 is 0 Å². The lowest BCUT2D eigenvalue weighted by molar-refractivity contribution is 0.414. The van der Waals surface area contributed by atoms with Gasteiger partial charge in [-0.15, -0.1) is 11.3 Å². The molecule has 2 N–H and O–H groups in total. The van der Waals surface area contributed by atoms with Gasteiger partial charge >= 0.3 is 0 Å². The molecule has 0 amide bonds. The minimum atomic E-state index is 0.580. The quantitative estimate of drug-likeness (QED) is 0.582. The van der Waals surface area contributed by atoms with Crippen LogP contribution in [-0.4, -0.2) is 31.1 Å². The molecule has 5 nitrogen and oxygen atoms in total. The van der Waals surface area contributed by atoms with E-state index in [1.807, 2.05) is 38.2 Å². The minimum Gasteiger partial charge on any atom is -0.497 e. The fourth-order valence-corrected chi connectivity index (χ4v) is 3.11. The summed E-state index contributed by atoms with van der Waals surface area (Å²) >= 11 is 7.94. The number of thiazole rings is 1. The first kappa shape index (κ1) is 18.5. The van der Waals surface area contributed by atoms with Crippen molar-refractivity contribution in [1.29, 1.82) is 0 Å². The maximum Gasteiger partial charge on any atom is 0.191 e. The number of benzene rings is 1. The first-order valence-corrected chi connectivity index (χ1v) is 9.07. The van der Waals surface area contributed by atoms with Crippen LogP contribution in [0.4, 0.5) is 0 Å². The van der Waals surface area contributed by atoms with Crippen LogP contribution < -0.4 is 15.4 Å². The van der Waals surface area contributed by atoms with Gasteiger partial charge in [0.1, 0.15) is 10.8 Å². The van der Waals surface area contributed by atoms with E-state index < -0.39 is 0 Å². The van der Waals surface area contributed by atoms with E-state index in [9.17, 15) is 0 Å². The Morgan fingerprint density at radius 2 is 2.21 bits per heavy atom. The van der Waals surface area contributed by atoms with Crippen LogP contribution in [-0.2, 0) is 13.0 Å². The Kier molecular flexibility index (Phi) is 7.34. The molecule has 0 fully saturated rings. The summed E-state index contributed by atoms with van der Waals surface area (Å²) in [6.45, 7) is 6.23. The molecule has 0 atom stereocenters. The van der Waals surface area contributed by atoms with Crippen molar-refractivity contribution < 1.29 is 4.74 Å². The van der Waals surface area contributed by atoms with Crippen molar-refractivity contribution in [3.63, 3.8) is 0 Å². The zero-order valence-electron chi connectivity index (χ0n) is 14.2. The molecule has 0 saturated heterocycles. The largest absolute Gasteiger partial charge is 0.497 e. The average Bonchev–Trinajstić information content (AvgIpc) is 2.99. The third kappa shape index (κ3) is 5.69. The van der Waals surface area contributed by atoms with Gasteiger partial charge in [0, 0.05) is 29.2 Å². The lowest BCUT2D eigenvalue weighted by Crippen LogP contribution is -2.38. The maximum atomic E-state index is 6.27. The highest BCUT2D eigenvalue weighted by Gasteiger charge is 2.04. The number of hydrogen-bond acceptors (Lipinski definition) is 4. The number of hydrogen-bond donors (Lipinski definition) is 2. The predicted molar refractivity (Wildman–Crippen MR) is 101 cm³/mol. The Labute approximate surface area is 152 Å². The summed E-state index contributed by atoms with van der Waals surface area (Å²) < 4.78 is 5.17. The fraction of sp³-hybridized carbons (Fsp3) is 0.412. The first-order valence-electron chi connectivity index (χ1n) is 7.88. The van der Waals surface area contributed by atoms with Crippen LogP contribution in [0.1, 0.15) is 22.4 Å². The SMILES string of the molecule is CCNC(=NCc1ncc(C)s1)NCCc1ccc(OC)cc1Cl. The van der Waals surface area contributed by atoms with Crippen LogP contribution in [0, 0.1) is 6.92 Å². The van der Waals surface area contributed by atoms with E-state index in [0.717, 1.165) is 46.8 Å². The van der Waals surface area contributed by atoms with Crippen molar-refractivity contribution in [3.8, 4) is 5.75 Å². The zero-order chi connectivity index (χ0) is 17.4. The number of nitrogens with zero attached hydrogens (tertiary/aromatic N) is 2. The summed E-state index contributed by atoms with van der Waals surface area (Å²) in [5.41, 5.74) is 1.08. The van der Waals surface area contributed by atoms with E-state index in [1.54, 1.807) is 18.4 Å². The van der Waals surface area contributed by atoms with E-state index in [1.165, 1.54) is 4.88 Å². The van der Waals surface area contributed by atoms with Crippen molar-refractivity contribution in [2.45, 2.75) is 26.8 Å². The van der Waals surface area contributed by atoms with E-state index in [4.69, 9.17) is 16.3 Å². The number of aryl methyl sites for hydroxylation is 1. The van der Waals surface area contributed by atoms with Gasteiger partial charge in [-0.05, 0) is 38.0 Å². The molecule has 0 aliphatic carbocycles. The number of halogens is 1. The molecule has 0 unspecified atom stereocenters. The third-order valence-electron chi connectivity index (χ3n) is 3.33. The molecule has 0 saturated carbocycles. The number of guanidine groups is 1. The molecule has 2 aromatic rings. The number of aromatic nitrogens is 1. The maximum absolute atomic E-state index is 6.27. The van der Waals surface area contributed by atoms with Crippen LogP contribution >= 0.6 is 22.9 Å². The van der Waals surface area contributed by atoms with Gasteiger partial charge in [-0.25, -0.2) is 9.98 Å². The molecule has 0 radical (unpaired) electrons. The Morgan fingerprint density at radius 3 is 2.83 bits per heavy atom. The highest BCUT2D eigenvalue weighted by molar-refractivity contribution is 7.11. The molecule has 0 spiro atoms. The van der Waals surface area contributed by atoms with Crippen molar-refractivity contribution >= 4 is 28.9 Å². The molecule has 1 heterocycles. The van der Waals surface area contributed by atoms with Crippen LogP contribution in [0.3, 0.4) is 0 Å². The van der Waals surface area contributed by atoms with Crippen LogP contribution in [0.2, 0.25) is 5.02 Å². The lowest BCUT2D eigenvalue weighted by Gasteiger charge is -2.12. The van der Waals surface area contributed by atoms with Crippen LogP contribution in [0.15, 0.2) is 29.4 Å². The molecular weight excluding hydrogens is 344 g/mol. The monoisotopic (exact) mass is 366 g/mol. The molecule has 1 aromatic heterocycles. The summed E-state index contributed by atoms with van der Waals surface area (Å²) in [7, 11) is 1.63. The van der Waals surface area contributed by atoms with Gasteiger partial charge in [-0.1, -0.05) is 17.7 Å². The predicted octanol–water partition coefficient (Wildman–Crippen LogP) is 3.41. The summed E-state index contributed by atoms with van der Waals surface area (Å²) in [6.07, 6.45) is 2.69. The minimum absolute atomic E-state index is 0.580. The lowest BCUT2D eigenvalue weighted by atomic mass is 10.1. The molecule has 7 heteroatoms. The van der Waals surface area contributed by atoms with Crippen LogP contribution in [0.25, 0.3) is 0 Å². The fourth-order valence-electron chi connectivity index (χ4n) is 2.14. The van der Waals surface area contributed by atoms with Gasteiger partial charge in [0.05, 0.1) is 13.7 Å². The van der Waals surface area contributed by atoms with Crippen molar-refractivity contribution in [3.05, 3.63) is 44.9 Å². The summed E-state index contributed by atoms with van der Waals surface area (Å²) in [5, 5.41) is 8.30. The number of aliphatic imine (C=N–C) groups is 1. The zero-order valence-corrected chi connectivity index (χ0v) is 15.8. The Hall–Kier alpha value is -1.79. The molecule has 0 bridgehead atoms. The smallest absolute Gasteiger partial charge is 0.191 e. The van der Waals surface area contributed by atoms with Gasteiger partial charge in [-0.3, -0.25) is 0 Å². The van der Waals surface area contributed by atoms with Crippen molar-refractivity contribution in [1.82, 2.24) is 15.6 Å². The highest BCUT2D eigenvalue weighted by atomic mass is 35.5. The standard InChI is InChI=1S/C17H23ClN4OS/c1-4-19-17(22-11-16-21-10-12(2)24-16)20-8-7-13-5-6-14(23-3)9-15(13)18/h5-6,9-10H,4,7-8,11H2,1-3H3,(H2,19,20,22). The third-order valence-corrected chi connectivity index (χ3v) is 4.58. The van der Waals surface area contributed by atoms with Gasteiger partial charge in [0.25, 0.3) is 0 Å². The van der Waals surface area contributed by atoms with Crippen LogP contribution in [0.5, 0.6) is 5.75 Å². The van der Waals surface area contributed by atoms with Gasteiger partial charge in [0.15, 0.2) is 5.96 Å². The number of methoxy groups -OCH3 is 1. The first-order chi connectivity index (χ1) is 11.6. The van der Waals surface area contributed by atoms with Crippen molar-refractivity contribution in [2.75, 3.05) is 20.2 Å². The Morgan fingerprint density at radius 1 is 1.38 bits per heavy atom. The Bertz CT molecular complexity index is 687. The second-order valence-corrected chi connectivity index (χ2v) is 6.92. The van der Waals surface area contributed by atoms with Gasteiger partial charge in [0.2, 0.25) is 0 Å². The normalized spacial score (nSPS) is 11.4. The second kappa shape index (κ2) is 9.49. The summed E-state index contributed by atoms with van der Waals surface area (Å²) in [6, 6.07) is 5.75. The average molecular weight is 367 g/mol. The number of rotatable bonds is 7. The molecule has 1 aromatic carbocycles. The van der Waals surface area contributed by atoms with E-state index in [0.29, 0.717) is 6.54 Å². The van der Waals surface area contributed by atoms with E-state index in [-0.39, 0.29) is 0 Å². The number of ether oxygens (including phenoxy) is 1. The Balaban J connectivity index is 1.89. The van der Waals surface area contributed by atoms with Gasteiger partial charge in [-0.2, -0.15) is 0 Å². The second-order valence-electron chi connectivity index (χ2n) is 5.19. The summed E-state index contributed by atoms with van der Waals surface area (Å²) in [5.74, 6) is 1.56. The van der Waals surface area contributed by atoms with Gasteiger partial charge < -0.3 is 15.4 Å². The molecule has 24 heavy (non-hydrogen) atoms. The molecule has 2 rings (SSSR count). The molecule has 130 valence electrons. The molecular formula is C17H23ClN4OS. The topological polar surface area (TPSA) is 58.5 Å². The van der Waals surface area contributed by atoms with Crippen molar-refractivity contribution in [2.24, 2.45) is 4.99 Å². The highest BCUT2D eigenvalue weighted by Crippen LogP contribution is 2.22. The summed E-state index contributed by atoms with van der Waals surface area (Å²) in [4.78, 5) is 10.1. The molecule has 0 aliphatic rings. The van der Waals surface area contributed by atoms with E-state index in [2.05, 4.69) is 20.6 Å².